The van der Waals surface area contributed by atoms with Crippen molar-refractivity contribution >= 4 is 23.4 Å². The molecule has 0 aliphatic carbocycles. The molecule has 4 rings (SSSR count). The van der Waals surface area contributed by atoms with Gasteiger partial charge in [0, 0.05) is 38.5 Å². The molecule has 1 aliphatic heterocycles. The van der Waals surface area contributed by atoms with Crippen LogP contribution in [0.4, 0.5) is 10.1 Å². The number of rotatable bonds is 7. The van der Waals surface area contributed by atoms with Crippen LogP contribution in [-0.4, -0.2) is 51.9 Å². The average molecular weight is 497 g/mol. The lowest BCUT2D eigenvalue weighted by atomic mass is 10.2. The summed E-state index contributed by atoms with van der Waals surface area (Å²) in [5, 5.41) is 0. The molecule has 2 aromatic carbocycles. The van der Waals surface area contributed by atoms with Gasteiger partial charge in [0.2, 0.25) is 5.91 Å². The molecule has 3 aromatic rings. The van der Waals surface area contributed by atoms with E-state index in [2.05, 4.69) is 0 Å². The fourth-order valence-corrected chi connectivity index (χ4v) is 5.26. The Balaban J connectivity index is 1.46. The molecule has 0 saturated carbocycles. The fourth-order valence-electron chi connectivity index (χ4n) is 4.37. The summed E-state index contributed by atoms with van der Waals surface area (Å²) < 4.78 is 15.9. The molecule has 0 unspecified atom stereocenters. The highest BCUT2D eigenvalue weighted by Crippen LogP contribution is 2.20. The van der Waals surface area contributed by atoms with Gasteiger partial charge in [0.25, 0.3) is 5.56 Å². The molecule has 1 fully saturated rings. The first kappa shape index (κ1) is 24.8. The quantitative estimate of drug-likeness (QED) is 0.503. The number of para-hydroxylation sites is 1. The Kier molecular flexibility index (Phi) is 7.75. The number of hydrogen-bond acceptors (Lipinski definition) is 5. The number of amides is 1. The Morgan fingerprint density at radius 2 is 1.63 bits per heavy atom. The van der Waals surface area contributed by atoms with E-state index in [4.69, 9.17) is 0 Å². The second-order valence-electron chi connectivity index (χ2n) is 8.42. The predicted octanol–water partition coefficient (Wildman–Crippen LogP) is 3.05. The Morgan fingerprint density at radius 3 is 2.26 bits per heavy atom. The normalized spacial score (nSPS) is 13.8. The monoisotopic (exact) mass is 496 g/mol. The minimum atomic E-state index is -0.350. The number of piperazine rings is 1. The minimum absolute atomic E-state index is 0.0497. The van der Waals surface area contributed by atoms with Gasteiger partial charge in [-0.3, -0.25) is 18.7 Å². The van der Waals surface area contributed by atoms with E-state index in [-0.39, 0.29) is 29.5 Å². The van der Waals surface area contributed by atoms with Gasteiger partial charge in [0.05, 0.1) is 17.1 Å². The number of halogens is 1. The molecule has 0 spiro atoms. The highest BCUT2D eigenvalue weighted by atomic mass is 32.2. The molecule has 184 valence electrons. The predicted molar refractivity (Wildman–Crippen MR) is 138 cm³/mol. The molecule has 0 radical (unpaired) electrons. The van der Waals surface area contributed by atoms with Gasteiger partial charge in [-0.15, -0.1) is 11.8 Å². The molecule has 35 heavy (non-hydrogen) atoms. The molecule has 1 amide bonds. The summed E-state index contributed by atoms with van der Waals surface area (Å²) in [5.74, 6) is 0.766. The average Bonchev–Trinajstić information content (AvgIpc) is 2.86. The van der Waals surface area contributed by atoms with Gasteiger partial charge >= 0.3 is 5.69 Å². The number of anilines is 1. The molecule has 1 aromatic heterocycles. The SMILES string of the molecule is CCn1c(=O)c(N2CCN(C(=O)CSCc3ccc(F)cc3)CC2)c(C)n(-c2ccccc2)c1=O. The first-order valence-electron chi connectivity index (χ1n) is 11.7. The van der Waals surface area contributed by atoms with Crippen molar-refractivity contribution in [1.29, 1.82) is 0 Å². The van der Waals surface area contributed by atoms with Crippen molar-refractivity contribution in [2.75, 3.05) is 36.8 Å². The minimum Gasteiger partial charge on any atom is -0.362 e. The van der Waals surface area contributed by atoms with E-state index in [1.807, 2.05) is 40.1 Å². The lowest BCUT2D eigenvalue weighted by Gasteiger charge is -2.36. The highest BCUT2D eigenvalue weighted by molar-refractivity contribution is 7.99. The van der Waals surface area contributed by atoms with Crippen LogP contribution in [0.15, 0.2) is 64.2 Å². The molecule has 0 atom stereocenters. The summed E-state index contributed by atoms with van der Waals surface area (Å²) in [6.07, 6.45) is 0. The summed E-state index contributed by atoms with van der Waals surface area (Å²) in [7, 11) is 0. The second-order valence-corrected chi connectivity index (χ2v) is 9.41. The van der Waals surface area contributed by atoms with Crippen molar-refractivity contribution in [2.24, 2.45) is 0 Å². The maximum Gasteiger partial charge on any atom is 0.335 e. The van der Waals surface area contributed by atoms with Crippen molar-refractivity contribution in [3.8, 4) is 5.69 Å². The van der Waals surface area contributed by atoms with Crippen LogP contribution in [0.2, 0.25) is 0 Å². The Bertz CT molecular complexity index is 1300. The van der Waals surface area contributed by atoms with Crippen LogP contribution in [0.25, 0.3) is 5.69 Å². The van der Waals surface area contributed by atoms with Gasteiger partial charge in [-0.2, -0.15) is 0 Å². The fraction of sp³-hybridized carbons (Fsp3) is 0.346. The molecular formula is C26H29FN4O3S. The number of carbonyl (C=O) groups is 1. The van der Waals surface area contributed by atoms with Crippen molar-refractivity contribution in [2.45, 2.75) is 26.1 Å². The first-order chi connectivity index (χ1) is 16.9. The van der Waals surface area contributed by atoms with E-state index >= 15 is 0 Å². The van der Waals surface area contributed by atoms with Gasteiger partial charge in [0.1, 0.15) is 11.5 Å². The number of carbonyl (C=O) groups excluding carboxylic acids is 1. The zero-order chi connectivity index (χ0) is 24.9. The molecule has 7 nitrogen and oxygen atoms in total. The van der Waals surface area contributed by atoms with Gasteiger partial charge in [0.15, 0.2) is 0 Å². The third-order valence-electron chi connectivity index (χ3n) is 6.23. The van der Waals surface area contributed by atoms with Crippen LogP contribution in [0.3, 0.4) is 0 Å². The van der Waals surface area contributed by atoms with Crippen molar-refractivity contribution in [1.82, 2.24) is 14.0 Å². The van der Waals surface area contributed by atoms with Crippen LogP contribution in [-0.2, 0) is 17.1 Å². The molecular weight excluding hydrogens is 467 g/mol. The van der Waals surface area contributed by atoms with E-state index in [1.54, 1.807) is 30.5 Å². The maximum absolute atomic E-state index is 13.2. The van der Waals surface area contributed by atoms with E-state index in [0.717, 1.165) is 5.56 Å². The summed E-state index contributed by atoms with van der Waals surface area (Å²) in [5.41, 5.74) is 2.16. The smallest absolute Gasteiger partial charge is 0.335 e. The van der Waals surface area contributed by atoms with E-state index in [9.17, 15) is 18.8 Å². The van der Waals surface area contributed by atoms with Crippen LogP contribution >= 0.6 is 11.8 Å². The van der Waals surface area contributed by atoms with Gasteiger partial charge < -0.3 is 9.80 Å². The van der Waals surface area contributed by atoms with Crippen LogP contribution in [0.5, 0.6) is 0 Å². The molecule has 1 saturated heterocycles. The summed E-state index contributed by atoms with van der Waals surface area (Å²) in [4.78, 5) is 42.8. The van der Waals surface area contributed by atoms with Gasteiger partial charge in [-0.25, -0.2) is 9.18 Å². The van der Waals surface area contributed by atoms with E-state index in [0.29, 0.717) is 54.8 Å². The standard InChI is InChI=1S/C26H29FN4O3S/c1-3-30-25(33)24(19(2)31(26(30)34)22-7-5-4-6-8-22)29-15-13-28(14-16-29)23(32)18-35-17-20-9-11-21(27)12-10-20/h4-12H,3,13-18H2,1-2H3. The number of hydrogen-bond donors (Lipinski definition) is 0. The third-order valence-corrected chi connectivity index (χ3v) is 7.22. The Morgan fingerprint density at radius 1 is 0.971 bits per heavy atom. The van der Waals surface area contributed by atoms with Gasteiger partial charge in [-0.1, -0.05) is 30.3 Å². The third kappa shape index (κ3) is 5.35. The molecule has 1 aliphatic rings. The second kappa shape index (κ2) is 10.9. The summed E-state index contributed by atoms with van der Waals surface area (Å²) in [6, 6.07) is 15.6. The molecule has 2 heterocycles. The number of thioether (sulfide) groups is 1. The molecule has 0 N–H and O–H groups in total. The van der Waals surface area contributed by atoms with Crippen LogP contribution in [0.1, 0.15) is 18.2 Å². The van der Waals surface area contributed by atoms with Crippen LogP contribution in [0, 0.1) is 12.7 Å². The number of nitrogens with zero attached hydrogens (tertiary/aromatic N) is 4. The zero-order valence-corrected chi connectivity index (χ0v) is 20.8. The maximum atomic E-state index is 13.2. The summed E-state index contributed by atoms with van der Waals surface area (Å²) in [6.45, 7) is 5.91. The molecule has 9 heteroatoms. The van der Waals surface area contributed by atoms with E-state index < -0.39 is 0 Å². The zero-order valence-electron chi connectivity index (χ0n) is 19.9. The lowest BCUT2D eigenvalue weighted by molar-refractivity contribution is -0.128. The van der Waals surface area contributed by atoms with Crippen molar-refractivity contribution in [3.63, 3.8) is 0 Å². The first-order valence-corrected chi connectivity index (χ1v) is 12.8. The largest absolute Gasteiger partial charge is 0.362 e. The molecule has 0 bridgehead atoms. The van der Waals surface area contributed by atoms with E-state index in [1.165, 1.54) is 28.5 Å². The topological polar surface area (TPSA) is 67.6 Å². The number of aromatic nitrogens is 2. The van der Waals surface area contributed by atoms with Gasteiger partial charge in [-0.05, 0) is 43.7 Å². The number of benzene rings is 2. The van der Waals surface area contributed by atoms with Crippen LogP contribution < -0.4 is 16.1 Å². The van der Waals surface area contributed by atoms with Crippen molar-refractivity contribution < 1.29 is 9.18 Å². The highest BCUT2D eigenvalue weighted by Gasteiger charge is 2.26. The Labute approximate surface area is 207 Å². The summed E-state index contributed by atoms with van der Waals surface area (Å²) >= 11 is 1.50. The lowest BCUT2D eigenvalue weighted by Crippen LogP contribution is -2.52. The Hall–Kier alpha value is -3.33. The van der Waals surface area contributed by atoms with Crippen molar-refractivity contribution in [3.05, 3.63) is 92.5 Å².